The minimum Gasteiger partial charge on any atom is -0.131 e. The summed E-state index contributed by atoms with van der Waals surface area (Å²) in [5.74, 6) is 2.86. The Morgan fingerprint density at radius 3 is 1.72 bits per heavy atom. The fourth-order valence-corrected chi connectivity index (χ4v) is 4.98. The normalized spacial score (nSPS) is 10.8. The van der Waals surface area contributed by atoms with Gasteiger partial charge in [-0.2, -0.15) is 0 Å². The average molecular weight is 445 g/mol. The highest BCUT2D eigenvalue weighted by Gasteiger charge is 2.02. The van der Waals surface area contributed by atoms with Crippen molar-refractivity contribution >= 4 is 40.9 Å². The van der Waals surface area contributed by atoms with Gasteiger partial charge in [-0.25, -0.2) is 0 Å². The molecule has 1 atom stereocenters. The lowest BCUT2D eigenvalue weighted by molar-refractivity contribution is 0.733. The van der Waals surface area contributed by atoms with Crippen molar-refractivity contribution < 1.29 is 0 Å². The smallest absolute Gasteiger partial charge is 0.131 e. The molecule has 156 valence electrons. The van der Waals surface area contributed by atoms with Crippen LogP contribution in [0.5, 0.6) is 0 Å². The van der Waals surface area contributed by atoms with Crippen LogP contribution in [0.2, 0.25) is 0 Å². The van der Waals surface area contributed by atoms with Crippen LogP contribution in [-0.4, -0.2) is 21.7 Å². The maximum atomic E-state index is 4.04. The Labute approximate surface area is 189 Å². The van der Waals surface area contributed by atoms with Crippen LogP contribution >= 0.6 is 34.9 Å². The zero-order chi connectivity index (χ0) is 21.3. The van der Waals surface area contributed by atoms with E-state index in [0.717, 1.165) is 20.2 Å². The van der Waals surface area contributed by atoms with Gasteiger partial charge in [0, 0.05) is 0 Å². The van der Waals surface area contributed by atoms with Gasteiger partial charge in [-0.1, -0.05) is 136 Å². The molecule has 1 aromatic heterocycles. The Morgan fingerprint density at radius 2 is 1.34 bits per heavy atom. The van der Waals surface area contributed by atoms with Crippen molar-refractivity contribution in [3.8, 4) is 0 Å². The largest absolute Gasteiger partial charge is 0.175 e. The van der Waals surface area contributed by atoms with Gasteiger partial charge in [-0.05, 0) is 35.0 Å². The first-order valence-electron chi connectivity index (χ1n) is 9.95. The topological polar surface area (TPSA) is 25.8 Å². The number of thioether (sulfide) groups is 2. The Hall–Kier alpha value is -1.56. The summed E-state index contributed by atoms with van der Waals surface area (Å²) in [7, 11) is 0. The third-order valence-corrected chi connectivity index (χ3v) is 6.89. The molecule has 2 nitrogen and oxygen atoms in total. The van der Waals surface area contributed by atoms with Gasteiger partial charge in [0.25, 0.3) is 0 Å². The van der Waals surface area contributed by atoms with E-state index in [1.165, 1.54) is 17.5 Å². The highest BCUT2D eigenvalue weighted by atomic mass is 32.2. The van der Waals surface area contributed by atoms with E-state index in [2.05, 4.69) is 74.8 Å². The van der Waals surface area contributed by atoms with Crippen LogP contribution in [0.4, 0.5) is 0 Å². The summed E-state index contributed by atoms with van der Waals surface area (Å²) in [4.78, 5) is 0. The van der Waals surface area contributed by atoms with Crippen LogP contribution in [-0.2, 0) is 0 Å². The van der Waals surface area contributed by atoms with Gasteiger partial charge in [-0.15, -0.1) is 10.2 Å². The SMILES string of the molecule is C=Cc1ccccc1.CCC(C)c1ccccc1.CCSc1nnc(SCC)s1. The van der Waals surface area contributed by atoms with Gasteiger partial charge >= 0.3 is 0 Å². The lowest BCUT2D eigenvalue weighted by Crippen LogP contribution is -1.88. The van der Waals surface area contributed by atoms with Crippen molar-refractivity contribution in [1.82, 2.24) is 10.2 Å². The van der Waals surface area contributed by atoms with Crippen LogP contribution < -0.4 is 0 Å². The number of benzene rings is 2. The number of aromatic nitrogens is 2. The van der Waals surface area contributed by atoms with Gasteiger partial charge < -0.3 is 0 Å². The summed E-state index contributed by atoms with van der Waals surface area (Å²) in [6.45, 7) is 12.4. The summed E-state index contributed by atoms with van der Waals surface area (Å²) in [6.07, 6.45) is 3.06. The van der Waals surface area contributed by atoms with Crippen LogP contribution in [0.3, 0.4) is 0 Å². The van der Waals surface area contributed by atoms with Crippen LogP contribution in [0.25, 0.3) is 6.08 Å². The molecule has 0 saturated carbocycles. The highest BCUT2D eigenvalue weighted by molar-refractivity contribution is 8.03. The number of hydrogen-bond acceptors (Lipinski definition) is 5. The van der Waals surface area contributed by atoms with E-state index in [9.17, 15) is 0 Å². The molecule has 5 heteroatoms. The molecule has 0 bridgehead atoms. The summed E-state index contributed by atoms with van der Waals surface area (Å²) in [6, 6.07) is 20.7. The number of hydrogen-bond donors (Lipinski definition) is 0. The van der Waals surface area contributed by atoms with Gasteiger partial charge in [-0.3, -0.25) is 0 Å². The van der Waals surface area contributed by atoms with Crippen molar-refractivity contribution in [2.75, 3.05) is 11.5 Å². The van der Waals surface area contributed by atoms with E-state index < -0.39 is 0 Å². The second-order valence-electron chi connectivity index (χ2n) is 6.03. The minimum atomic E-state index is 0.709. The molecule has 2 aromatic carbocycles. The summed E-state index contributed by atoms with van der Waals surface area (Å²) >= 11 is 5.19. The second kappa shape index (κ2) is 16.3. The minimum absolute atomic E-state index is 0.709. The summed E-state index contributed by atoms with van der Waals surface area (Å²) < 4.78 is 2.17. The lowest BCUT2D eigenvalue weighted by atomic mass is 9.99. The van der Waals surface area contributed by atoms with Crippen molar-refractivity contribution in [3.63, 3.8) is 0 Å². The van der Waals surface area contributed by atoms with E-state index in [1.807, 2.05) is 36.4 Å². The quantitative estimate of drug-likeness (QED) is 0.342. The van der Waals surface area contributed by atoms with Crippen LogP contribution in [0.15, 0.2) is 75.9 Å². The molecular formula is C24H32N2S3. The molecule has 0 spiro atoms. The molecule has 0 saturated heterocycles. The summed E-state index contributed by atoms with van der Waals surface area (Å²) in [5.41, 5.74) is 2.62. The van der Waals surface area contributed by atoms with Crippen molar-refractivity contribution in [3.05, 3.63) is 78.4 Å². The zero-order valence-electron chi connectivity index (χ0n) is 17.9. The molecule has 1 unspecified atom stereocenters. The molecule has 0 N–H and O–H groups in total. The highest BCUT2D eigenvalue weighted by Crippen LogP contribution is 2.27. The first-order chi connectivity index (χ1) is 14.1. The van der Waals surface area contributed by atoms with E-state index in [-0.39, 0.29) is 0 Å². The molecular weight excluding hydrogens is 412 g/mol. The molecule has 29 heavy (non-hydrogen) atoms. The van der Waals surface area contributed by atoms with E-state index in [1.54, 1.807) is 34.9 Å². The molecule has 0 aliphatic carbocycles. The Kier molecular flexibility index (Phi) is 14.3. The molecule has 0 fully saturated rings. The zero-order valence-corrected chi connectivity index (χ0v) is 20.3. The predicted molar refractivity (Wildman–Crippen MR) is 134 cm³/mol. The molecule has 3 aromatic rings. The van der Waals surface area contributed by atoms with Gasteiger partial charge in [0.1, 0.15) is 0 Å². The van der Waals surface area contributed by atoms with Crippen molar-refractivity contribution in [2.24, 2.45) is 0 Å². The number of rotatable bonds is 7. The predicted octanol–water partition coefficient (Wildman–Crippen LogP) is 8.29. The lowest BCUT2D eigenvalue weighted by Gasteiger charge is -2.06. The third-order valence-electron chi connectivity index (χ3n) is 3.94. The molecule has 0 amide bonds. The average Bonchev–Trinajstić information content (AvgIpc) is 3.23. The van der Waals surface area contributed by atoms with E-state index in [0.29, 0.717) is 5.92 Å². The molecule has 0 aliphatic rings. The Morgan fingerprint density at radius 1 is 0.862 bits per heavy atom. The maximum Gasteiger partial charge on any atom is 0.175 e. The molecule has 0 radical (unpaired) electrons. The standard InChI is InChI=1S/C10H14.C8H8.C6H10N2S3/c1-3-9(2)10-7-5-4-6-8-10;1-2-8-6-4-3-5-7-8;1-3-9-5-7-8-6(11-5)10-4-2/h4-9H,3H2,1-2H3;2-7H,1H2;3-4H2,1-2H3. The van der Waals surface area contributed by atoms with Crippen LogP contribution in [0, 0.1) is 0 Å². The van der Waals surface area contributed by atoms with Crippen LogP contribution in [0.1, 0.15) is 51.2 Å². The first-order valence-corrected chi connectivity index (χ1v) is 12.7. The summed E-state index contributed by atoms with van der Waals surface area (Å²) in [5, 5.41) is 8.07. The van der Waals surface area contributed by atoms with Gasteiger partial charge in [0.2, 0.25) is 0 Å². The van der Waals surface area contributed by atoms with E-state index >= 15 is 0 Å². The Balaban J connectivity index is 0.000000220. The molecule has 3 rings (SSSR count). The molecule has 0 aliphatic heterocycles. The monoisotopic (exact) mass is 444 g/mol. The Bertz CT molecular complexity index is 753. The third kappa shape index (κ3) is 11.3. The maximum absolute atomic E-state index is 4.04. The fraction of sp³-hybridized carbons (Fsp3) is 0.333. The van der Waals surface area contributed by atoms with Crippen molar-refractivity contribution in [2.45, 2.75) is 48.7 Å². The first kappa shape index (κ1) is 25.5. The number of nitrogens with zero attached hydrogens (tertiary/aromatic N) is 2. The van der Waals surface area contributed by atoms with E-state index in [4.69, 9.17) is 0 Å². The van der Waals surface area contributed by atoms with Gasteiger partial charge in [0.05, 0.1) is 0 Å². The molecule has 1 heterocycles. The fourth-order valence-electron chi connectivity index (χ4n) is 2.17. The second-order valence-corrected chi connectivity index (χ2v) is 10.0. The van der Waals surface area contributed by atoms with Crippen molar-refractivity contribution in [1.29, 1.82) is 0 Å². The van der Waals surface area contributed by atoms with Gasteiger partial charge in [0.15, 0.2) is 8.68 Å².